The molecule has 186 valence electrons. The highest BCUT2D eigenvalue weighted by atomic mass is 32.1. The molecule has 2 aromatic carbocycles. The second-order valence-electron chi connectivity index (χ2n) is 9.71. The van der Waals surface area contributed by atoms with Gasteiger partial charge in [0.1, 0.15) is 5.01 Å². The van der Waals surface area contributed by atoms with Gasteiger partial charge >= 0.3 is 0 Å². The number of ether oxygens (including phenoxy) is 1. The van der Waals surface area contributed by atoms with Crippen LogP contribution in [0.1, 0.15) is 65.1 Å². The number of amides is 1. The van der Waals surface area contributed by atoms with Crippen molar-refractivity contribution in [1.29, 1.82) is 0 Å². The van der Waals surface area contributed by atoms with Gasteiger partial charge in [-0.3, -0.25) is 9.59 Å². The van der Waals surface area contributed by atoms with Crippen molar-refractivity contribution in [3.63, 3.8) is 0 Å². The Bertz CT molecular complexity index is 1300. The Balaban J connectivity index is 1.55. The van der Waals surface area contributed by atoms with Gasteiger partial charge in [-0.25, -0.2) is 4.98 Å². The molecule has 1 amide bonds. The number of nitrogens with zero attached hydrogens (tertiary/aromatic N) is 2. The second-order valence-corrected chi connectivity index (χ2v) is 10.7. The van der Waals surface area contributed by atoms with Gasteiger partial charge in [0.05, 0.1) is 28.3 Å². The highest BCUT2D eigenvalue weighted by molar-refractivity contribution is 7.17. The van der Waals surface area contributed by atoms with Crippen LogP contribution in [0.3, 0.4) is 0 Å². The number of thiazole rings is 1. The number of aliphatic hydroxyl groups is 1. The average Bonchev–Trinajstić information content (AvgIpc) is 3.60. The number of aliphatic hydroxyl groups excluding tert-OH is 1. The molecule has 0 radical (unpaired) electrons. The van der Waals surface area contributed by atoms with Crippen LogP contribution in [0, 0.1) is 6.92 Å². The zero-order valence-corrected chi connectivity index (χ0v) is 21.5. The van der Waals surface area contributed by atoms with Gasteiger partial charge in [0.2, 0.25) is 5.78 Å². The molecule has 0 bridgehead atoms. The Kier molecular flexibility index (Phi) is 6.77. The number of rotatable bonds is 7. The first kappa shape index (κ1) is 24.4. The lowest BCUT2D eigenvalue weighted by Gasteiger charge is -2.29. The minimum atomic E-state index is -0.683. The Morgan fingerprint density at radius 3 is 2.53 bits per heavy atom. The molecule has 2 unspecified atom stereocenters. The third-order valence-electron chi connectivity index (χ3n) is 6.92. The Hall–Kier alpha value is -3.29. The summed E-state index contributed by atoms with van der Waals surface area (Å²) in [4.78, 5) is 33.9. The van der Waals surface area contributed by atoms with Crippen molar-refractivity contribution in [2.45, 2.75) is 51.7 Å². The first-order valence-electron chi connectivity index (χ1n) is 12.4. The molecule has 3 heterocycles. The Morgan fingerprint density at radius 1 is 1.17 bits per heavy atom. The molecule has 1 saturated heterocycles. The molecule has 1 fully saturated rings. The van der Waals surface area contributed by atoms with Crippen LogP contribution in [0.4, 0.5) is 0 Å². The fourth-order valence-electron chi connectivity index (χ4n) is 4.92. The number of hydrogen-bond donors (Lipinski definition) is 1. The van der Waals surface area contributed by atoms with Crippen molar-refractivity contribution in [2.75, 3.05) is 13.2 Å². The van der Waals surface area contributed by atoms with E-state index in [1.807, 2.05) is 54.6 Å². The number of Topliss-reactive ketones (excluding diaryl/α,β-unsaturated/α-hetero) is 1. The van der Waals surface area contributed by atoms with Crippen LogP contribution in [0.25, 0.3) is 10.6 Å². The van der Waals surface area contributed by atoms with Crippen LogP contribution in [0.15, 0.2) is 65.9 Å². The number of aromatic nitrogens is 1. The summed E-state index contributed by atoms with van der Waals surface area (Å²) in [5, 5.41) is 11.8. The Labute approximate surface area is 215 Å². The summed E-state index contributed by atoms with van der Waals surface area (Å²) in [6, 6.07) is 17.0. The maximum atomic E-state index is 14.0. The maximum absolute atomic E-state index is 14.0. The number of ketones is 1. The molecule has 2 aliphatic rings. The van der Waals surface area contributed by atoms with Crippen molar-refractivity contribution in [3.05, 3.63) is 87.6 Å². The molecule has 1 N–H and O–H groups in total. The summed E-state index contributed by atoms with van der Waals surface area (Å²) in [5.74, 6) is -1.01. The lowest BCUT2D eigenvalue weighted by atomic mass is 9.92. The van der Waals surface area contributed by atoms with Gasteiger partial charge < -0.3 is 14.7 Å². The predicted octanol–water partition coefficient (Wildman–Crippen LogP) is 6.00. The van der Waals surface area contributed by atoms with Crippen LogP contribution >= 0.6 is 11.3 Å². The van der Waals surface area contributed by atoms with E-state index in [1.54, 1.807) is 11.8 Å². The smallest absolute Gasteiger partial charge is 0.290 e. The van der Waals surface area contributed by atoms with E-state index < -0.39 is 17.7 Å². The molecular formula is C29H30N2O4S. The van der Waals surface area contributed by atoms with Crippen LogP contribution in [-0.4, -0.2) is 45.9 Å². The van der Waals surface area contributed by atoms with Crippen LogP contribution < -0.4 is 0 Å². The highest BCUT2D eigenvalue weighted by Gasteiger charge is 2.45. The number of hydrogen-bond acceptors (Lipinski definition) is 6. The molecule has 2 atom stereocenters. The summed E-state index contributed by atoms with van der Waals surface area (Å²) in [6.45, 7) is 7.02. The molecule has 0 saturated carbocycles. The van der Waals surface area contributed by atoms with Crippen LogP contribution in [0.5, 0.6) is 0 Å². The zero-order valence-electron chi connectivity index (χ0n) is 20.7. The first-order chi connectivity index (χ1) is 17.3. The SMILES string of the molecule is Cc1nc(-c2ccccc2)sc1C(=O)C1=C(O)C(=O)N(CC2CCCO2)C1c1ccc(C(C)C)cc1. The maximum Gasteiger partial charge on any atom is 0.290 e. The third-order valence-corrected chi connectivity index (χ3v) is 8.12. The van der Waals surface area contributed by atoms with Crippen molar-refractivity contribution in [3.8, 4) is 10.6 Å². The van der Waals surface area contributed by atoms with E-state index in [9.17, 15) is 14.7 Å². The molecule has 6 nitrogen and oxygen atoms in total. The first-order valence-corrected chi connectivity index (χ1v) is 13.2. The van der Waals surface area contributed by atoms with Crippen molar-refractivity contribution >= 4 is 23.0 Å². The molecule has 1 aromatic heterocycles. The molecule has 2 aliphatic heterocycles. The molecule has 5 rings (SSSR count). The second kappa shape index (κ2) is 9.99. The van der Waals surface area contributed by atoms with Crippen molar-refractivity contribution < 1.29 is 19.4 Å². The minimum absolute atomic E-state index is 0.108. The summed E-state index contributed by atoms with van der Waals surface area (Å²) in [6.07, 6.45) is 1.68. The summed E-state index contributed by atoms with van der Waals surface area (Å²) >= 11 is 1.29. The van der Waals surface area contributed by atoms with Gasteiger partial charge in [0.25, 0.3) is 5.91 Å². The van der Waals surface area contributed by atoms with E-state index >= 15 is 0 Å². The summed E-state index contributed by atoms with van der Waals surface area (Å²) in [7, 11) is 0. The van der Waals surface area contributed by atoms with E-state index in [0.29, 0.717) is 29.6 Å². The van der Waals surface area contributed by atoms with Crippen LogP contribution in [0.2, 0.25) is 0 Å². The van der Waals surface area contributed by atoms with E-state index in [0.717, 1.165) is 29.0 Å². The molecule has 3 aromatic rings. The van der Waals surface area contributed by atoms with Gasteiger partial charge in [0.15, 0.2) is 5.76 Å². The van der Waals surface area contributed by atoms with Gasteiger partial charge in [-0.15, -0.1) is 11.3 Å². The Morgan fingerprint density at radius 2 is 1.89 bits per heavy atom. The lowest BCUT2D eigenvalue weighted by Crippen LogP contribution is -2.37. The van der Waals surface area contributed by atoms with Crippen molar-refractivity contribution in [2.24, 2.45) is 0 Å². The van der Waals surface area contributed by atoms with Gasteiger partial charge in [-0.2, -0.15) is 0 Å². The number of aryl methyl sites for hydroxylation is 1. The standard InChI is InChI=1S/C29H30N2O4S/c1-17(2)19-11-13-20(14-12-19)24-23(26(33)29(34)31(24)16-22-10-7-15-35-22)25(32)27-18(3)30-28(36-27)21-8-5-4-6-9-21/h4-6,8-9,11-14,17,22,24,33H,7,10,15-16H2,1-3H3. The van der Waals surface area contributed by atoms with E-state index in [1.165, 1.54) is 16.9 Å². The topological polar surface area (TPSA) is 79.7 Å². The number of benzene rings is 2. The summed E-state index contributed by atoms with van der Waals surface area (Å²) < 4.78 is 5.80. The molecule has 36 heavy (non-hydrogen) atoms. The van der Waals surface area contributed by atoms with Gasteiger partial charge in [-0.1, -0.05) is 68.4 Å². The average molecular weight is 503 g/mol. The molecular weight excluding hydrogens is 472 g/mol. The van der Waals surface area contributed by atoms with Gasteiger partial charge in [0, 0.05) is 18.7 Å². The quantitative estimate of drug-likeness (QED) is 0.401. The lowest BCUT2D eigenvalue weighted by molar-refractivity contribution is -0.131. The fourth-order valence-corrected chi connectivity index (χ4v) is 5.95. The van der Waals surface area contributed by atoms with Crippen LogP contribution in [-0.2, 0) is 9.53 Å². The fraction of sp³-hybridized carbons (Fsp3) is 0.345. The number of carbonyl (C=O) groups is 2. The van der Waals surface area contributed by atoms with Gasteiger partial charge in [-0.05, 0) is 36.8 Å². The largest absolute Gasteiger partial charge is 0.503 e. The summed E-state index contributed by atoms with van der Waals surface area (Å²) in [5.41, 5.74) is 3.58. The molecule has 0 spiro atoms. The predicted molar refractivity (Wildman–Crippen MR) is 140 cm³/mol. The van der Waals surface area contributed by atoms with Crippen molar-refractivity contribution in [1.82, 2.24) is 9.88 Å². The van der Waals surface area contributed by atoms with E-state index in [-0.39, 0.29) is 17.5 Å². The molecule has 7 heteroatoms. The third kappa shape index (κ3) is 4.49. The zero-order chi connectivity index (χ0) is 25.4. The minimum Gasteiger partial charge on any atom is -0.503 e. The highest BCUT2D eigenvalue weighted by Crippen LogP contribution is 2.41. The number of carbonyl (C=O) groups excluding carboxylic acids is 2. The molecule has 0 aliphatic carbocycles. The van der Waals surface area contributed by atoms with E-state index in [2.05, 4.69) is 18.8 Å². The normalized spacial score (nSPS) is 20.1. The monoisotopic (exact) mass is 502 g/mol. The van der Waals surface area contributed by atoms with E-state index in [4.69, 9.17) is 4.74 Å².